The lowest BCUT2D eigenvalue weighted by atomic mass is 9.96. The average molecular weight is 336 g/mol. The van der Waals surface area contributed by atoms with E-state index < -0.39 is 0 Å². The van der Waals surface area contributed by atoms with E-state index in [1.807, 2.05) is 29.5 Å². The van der Waals surface area contributed by atoms with Gasteiger partial charge in [-0.1, -0.05) is 0 Å². The van der Waals surface area contributed by atoms with Crippen molar-refractivity contribution in [1.29, 1.82) is 0 Å². The maximum atomic E-state index is 4.34. The van der Waals surface area contributed by atoms with E-state index in [2.05, 4.69) is 35.9 Å². The van der Waals surface area contributed by atoms with Crippen LogP contribution >= 0.6 is 15.9 Å². The molecule has 3 rings (SSSR count). The van der Waals surface area contributed by atoms with Crippen LogP contribution in [0.5, 0.6) is 0 Å². The maximum absolute atomic E-state index is 4.34. The van der Waals surface area contributed by atoms with Gasteiger partial charge in [0.1, 0.15) is 6.33 Å². The predicted molar refractivity (Wildman–Crippen MR) is 80.0 cm³/mol. The molecule has 5 nitrogen and oxygen atoms in total. The Morgan fingerprint density at radius 3 is 2.55 bits per heavy atom. The summed E-state index contributed by atoms with van der Waals surface area (Å²) in [6.07, 6.45) is 11.7. The van der Waals surface area contributed by atoms with Crippen LogP contribution in [0.3, 0.4) is 0 Å². The summed E-state index contributed by atoms with van der Waals surface area (Å²) < 4.78 is 3.09. The zero-order valence-electron chi connectivity index (χ0n) is 11.3. The van der Waals surface area contributed by atoms with Crippen LogP contribution in [0.25, 0.3) is 0 Å². The molecular weight excluding hydrogens is 318 g/mol. The molecule has 0 N–H and O–H groups in total. The third-order valence-electron chi connectivity index (χ3n) is 3.77. The van der Waals surface area contributed by atoms with Crippen molar-refractivity contribution in [1.82, 2.24) is 24.6 Å². The van der Waals surface area contributed by atoms with E-state index in [1.165, 1.54) is 18.4 Å². The second-order valence-corrected chi connectivity index (χ2v) is 6.26. The number of halogens is 1. The van der Waals surface area contributed by atoms with E-state index in [0.29, 0.717) is 0 Å². The lowest BCUT2D eigenvalue weighted by Crippen LogP contribution is -2.34. The average Bonchev–Trinajstić information content (AvgIpc) is 2.88. The highest BCUT2D eigenvalue weighted by Gasteiger charge is 2.19. The molecule has 0 unspecified atom stereocenters. The van der Waals surface area contributed by atoms with Crippen LogP contribution in [0.1, 0.15) is 18.4 Å². The fourth-order valence-corrected chi connectivity index (χ4v) is 3.03. The molecule has 0 amide bonds. The maximum Gasteiger partial charge on any atom is 0.115 e. The molecule has 20 heavy (non-hydrogen) atoms. The van der Waals surface area contributed by atoms with Gasteiger partial charge in [-0.25, -0.2) is 9.97 Å². The van der Waals surface area contributed by atoms with Crippen LogP contribution in [0.15, 0.2) is 35.6 Å². The van der Waals surface area contributed by atoms with Crippen molar-refractivity contribution in [2.24, 2.45) is 5.92 Å². The molecule has 0 aromatic carbocycles. The van der Waals surface area contributed by atoms with Gasteiger partial charge in [-0.3, -0.25) is 9.58 Å². The molecule has 1 saturated heterocycles. The molecule has 0 saturated carbocycles. The zero-order chi connectivity index (χ0) is 13.8. The molecule has 0 atom stereocenters. The number of hydrogen-bond acceptors (Lipinski definition) is 4. The third-order valence-corrected chi connectivity index (χ3v) is 4.18. The molecule has 2 aromatic heterocycles. The molecule has 1 aliphatic heterocycles. The monoisotopic (exact) mass is 335 g/mol. The first-order valence-corrected chi connectivity index (χ1v) is 7.73. The highest BCUT2D eigenvalue weighted by Crippen LogP contribution is 2.20. The van der Waals surface area contributed by atoms with E-state index >= 15 is 0 Å². The topological polar surface area (TPSA) is 46.8 Å². The molecule has 106 valence electrons. The highest BCUT2D eigenvalue weighted by molar-refractivity contribution is 9.10. The van der Waals surface area contributed by atoms with Crippen molar-refractivity contribution in [3.8, 4) is 0 Å². The lowest BCUT2D eigenvalue weighted by Gasteiger charge is -2.31. The summed E-state index contributed by atoms with van der Waals surface area (Å²) in [6, 6.07) is 0. The Morgan fingerprint density at radius 1 is 1.15 bits per heavy atom. The Hall–Kier alpha value is -1.27. The molecule has 1 aliphatic rings. The Balaban J connectivity index is 1.47. The van der Waals surface area contributed by atoms with Crippen LogP contribution in [0.2, 0.25) is 0 Å². The van der Waals surface area contributed by atoms with Crippen molar-refractivity contribution >= 4 is 15.9 Å². The number of rotatable bonds is 4. The smallest absolute Gasteiger partial charge is 0.115 e. The Kier molecular flexibility index (Phi) is 4.42. The third kappa shape index (κ3) is 3.64. The molecule has 0 bridgehead atoms. The summed E-state index contributed by atoms with van der Waals surface area (Å²) in [5, 5.41) is 4.34. The van der Waals surface area contributed by atoms with Gasteiger partial charge in [-0.05, 0) is 47.8 Å². The van der Waals surface area contributed by atoms with Gasteiger partial charge in [0.15, 0.2) is 0 Å². The van der Waals surface area contributed by atoms with Gasteiger partial charge in [0.25, 0.3) is 0 Å². The molecule has 1 fully saturated rings. The Morgan fingerprint density at radius 2 is 1.90 bits per heavy atom. The van der Waals surface area contributed by atoms with Gasteiger partial charge >= 0.3 is 0 Å². The molecule has 0 spiro atoms. The minimum Gasteiger partial charge on any atom is -0.299 e. The number of hydrogen-bond donors (Lipinski definition) is 0. The van der Waals surface area contributed by atoms with Gasteiger partial charge in [0, 0.05) is 37.2 Å². The molecule has 0 radical (unpaired) electrons. The van der Waals surface area contributed by atoms with Crippen molar-refractivity contribution in [2.75, 3.05) is 13.1 Å². The minimum atomic E-state index is 0.727. The number of likely N-dealkylation sites (tertiary alicyclic amines) is 1. The molecule has 3 heterocycles. The van der Waals surface area contributed by atoms with E-state index in [4.69, 9.17) is 0 Å². The van der Waals surface area contributed by atoms with Gasteiger partial charge in [-0.2, -0.15) is 5.10 Å². The number of piperidine rings is 1. The first kappa shape index (κ1) is 13.7. The van der Waals surface area contributed by atoms with Crippen molar-refractivity contribution in [3.63, 3.8) is 0 Å². The van der Waals surface area contributed by atoms with E-state index in [1.54, 1.807) is 6.33 Å². The minimum absolute atomic E-state index is 0.727. The molecule has 0 aliphatic carbocycles. The standard InChI is InChI=1S/C14H18BrN5/c15-14-7-18-20(10-14)9-12-1-3-19(4-2-12)8-13-5-16-11-17-6-13/h5-7,10-12H,1-4,8-9H2. The lowest BCUT2D eigenvalue weighted by molar-refractivity contribution is 0.164. The molecule has 6 heteroatoms. The summed E-state index contributed by atoms with van der Waals surface area (Å²) in [4.78, 5) is 10.6. The molecule has 2 aromatic rings. The predicted octanol–water partition coefficient (Wildman–Crippen LogP) is 2.35. The van der Waals surface area contributed by atoms with Crippen molar-refractivity contribution < 1.29 is 0 Å². The van der Waals surface area contributed by atoms with Gasteiger partial charge in [0.05, 0.1) is 10.7 Å². The first-order chi connectivity index (χ1) is 9.79. The second-order valence-electron chi connectivity index (χ2n) is 5.35. The van der Waals surface area contributed by atoms with E-state index in [-0.39, 0.29) is 0 Å². The summed E-state index contributed by atoms with van der Waals surface area (Å²) in [5.74, 6) is 0.727. The van der Waals surface area contributed by atoms with Crippen LogP contribution in [0.4, 0.5) is 0 Å². The summed E-state index contributed by atoms with van der Waals surface area (Å²) in [6.45, 7) is 4.26. The number of aromatic nitrogens is 4. The summed E-state index contributed by atoms with van der Waals surface area (Å²) in [5.41, 5.74) is 1.20. The Bertz CT molecular complexity index is 534. The van der Waals surface area contributed by atoms with Gasteiger partial charge < -0.3 is 0 Å². The van der Waals surface area contributed by atoms with Crippen LogP contribution in [-0.4, -0.2) is 37.7 Å². The zero-order valence-corrected chi connectivity index (χ0v) is 12.9. The summed E-state index contributed by atoms with van der Waals surface area (Å²) >= 11 is 3.44. The highest BCUT2D eigenvalue weighted by atomic mass is 79.9. The normalized spacial score (nSPS) is 17.4. The first-order valence-electron chi connectivity index (χ1n) is 6.94. The van der Waals surface area contributed by atoms with Crippen LogP contribution in [0, 0.1) is 5.92 Å². The van der Waals surface area contributed by atoms with Crippen LogP contribution in [-0.2, 0) is 13.1 Å². The Labute approximate surface area is 127 Å². The van der Waals surface area contributed by atoms with Crippen molar-refractivity contribution in [2.45, 2.75) is 25.9 Å². The fraction of sp³-hybridized carbons (Fsp3) is 0.500. The van der Waals surface area contributed by atoms with E-state index in [9.17, 15) is 0 Å². The van der Waals surface area contributed by atoms with Gasteiger partial charge in [-0.15, -0.1) is 0 Å². The second kappa shape index (κ2) is 6.45. The van der Waals surface area contributed by atoms with Crippen molar-refractivity contribution in [3.05, 3.63) is 41.2 Å². The SMILES string of the molecule is Brc1cnn(CC2CCN(Cc3cncnc3)CC2)c1. The molecular formula is C14H18BrN5. The quantitative estimate of drug-likeness (QED) is 0.860. The van der Waals surface area contributed by atoms with E-state index in [0.717, 1.165) is 36.6 Å². The summed E-state index contributed by atoms with van der Waals surface area (Å²) in [7, 11) is 0. The fourth-order valence-electron chi connectivity index (χ4n) is 2.70. The number of nitrogens with zero attached hydrogens (tertiary/aromatic N) is 5. The van der Waals surface area contributed by atoms with Crippen LogP contribution < -0.4 is 0 Å². The largest absolute Gasteiger partial charge is 0.299 e. The van der Waals surface area contributed by atoms with Gasteiger partial charge in [0.2, 0.25) is 0 Å².